The summed E-state index contributed by atoms with van der Waals surface area (Å²) in [5.41, 5.74) is 8.10. The molecule has 0 fully saturated rings. The SMILES string of the molecule is COc1ccc(N(CCC(N)=O)C(=O)CSc2nnc(COc3cc(C)cc(C)c3)n2N)cc1. The maximum Gasteiger partial charge on any atom is 0.237 e. The maximum atomic E-state index is 13.0. The molecule has 1 aromatic heterocycles. The zero-order valence-electron chi connectivity index (χ0n) is 19.4. The molecular weight excluding hydrogens is 456 g/mol. The molecule has 0 aliphatic carbocycles. The van der Waals surface area contributed by atoms with Gasteiger partial charge in [-0.15, -0.1) is 10.2 Å². The lowest BCUT2D eigenvalue weighted by atomic mass is 10.1. The highest BCUT2D eigenvalue weighted by molar-refractivity contribution is 7.99. The summed E-state index contributed by atoms with van der Waals surface area (Å²) in [6.07, 6.45) is 0.0371. The molecule has 34 heavy (non-hydrogen) atoms. The van der Waals surface area contributed by atoms with Crippen LogP contribution in [0.1, 0.15) is 23.4 Å². The van der Waals surface area contributed by atoms with Gasteiger partial charge in [0.2, 0.25) is 17.0 Å². The third kappa shape index (κ3) is 6.64. The smallest absolute Gasteiger partial charge is 0.237 e. The van der Waals surface area contributed by atoms with Gasteiger partial charge in [0.25, 0.3) is 0 Å². The van der Waals surface area contributed by atoms with E-state index in [-0.39, 0.29) is 31.2 Å². The molecule has 4 N–H and O–H groups in total. The Morgan fingerprint density at radius 2 is 1.74 bits per heavy atom. The number of nitrogens with zero attached hydrogens (tertiary/aromatic N) is 4. The molecule has 0 atom stereocenters. The van der Waals surface area contributed by atoms with Gasteiger partial charge in [0.1, 0.15) is 18.1 Å². The van der Waals surface area contributed by atoms with Crippen LogP contribution >= 0.6 is 11.8 Å². The minimum atomic E-state index is -0.492. The molecular formula is C23H28N6O4S. The first-order valence-corrected chi connectivity index (χ1v) is 11.5. The summed E-state index contributed by atoms with van der Waals surface area (Å²) in [6, 6.07) is 12.9. The zero-order valence-corrected chi connectivity index (χ0v) is 20.2. The van der Waals surface area contributed by atoms with E-state index in [4.69, 9.17) is 21.1 Å². The first-order chi connectivity index (χ1) is 16.3. The molecule has 0 bridgehead atoms. The quantitative estimate of drug-likeness (QED) is 0.312. The van der Waals surface area contributed by atoms with Crippen LogP contribution in [0.25, 0.3) is 0 Å². The number of benzene rings is 2. The van der Waals surface area contributed by atoms with Crippen LogP contribution in [0.2, 0.25) is 0 Å². The first-order valence-electron chi connectivity index (χ1n) is 10.5. The number of methoxy groups -OCH3 is 1. The van der Waals surface area contributed by atoms with Gasteiger partial charge < -0.3 is 25.9 Å². The van der Waals surface area contributed by atoms with Gasteiger partial charge in [0.05, 0.1) is 12.9 Å². The minimum absolute atomic E-state index is 0.0371. The third-order valence-electron chi connectivity index (χ3n) is 4.89. The van der Waals surface area contributed by atoms with Crippen molar-refractivity contribution in [2.75, 3.05) is 30.1 Å². The number of thioether (sulfide) groups is 1. The van der Waals surface area contributed by atoms with E-state index in [9.17, 15) is 9.59 Å². The van der Waals surface area contributed by atoms with Crippen molar-refractivity contribution in [1.82, 2.24) is 14.9 Å². The van der Waals surface area contributed by atoms with Crippen molar-refractivity contribution in [3.05, 3.63) is 59.4 Å². The largest absolute Gasteiger partial charge is 0.497 e. The molecule has 0 aliphatic rings. The van der Waals surface area contributed by atoms with Gasteiger partial charge in [0, 0.05) is 18.7 Å². The van der Waals surface area contributed by atoms with E-state index in [0.29, 0.717) is 22.4 Å². The number of carbonyl (C=O) groups is 2. The van der Waals surface area contributed by atoms with Crippen molar-refractivity contribution in [3.63, 3.8) is 0 Å². The molecule has 10 nitrogen and oxygen atoms in total. The van der Waals surface area contributed by atoms with E-state index in [1.807, 2.05) is 26.0 Å². The van der Waals surface area contributed by atoms with Gasteiger partial charge in [-0.25, -0.2) is 4.68 Å². The number of carbonyl (C=O) groups excluding carboxylic acids is 2. The predicted octanol–water partition coefficient (Wildman–Crippen LogP) is 2.20. The summed E-state index contributed by atoms with van der Waals surface area (Å²) in [6.45, 7) is 4.29. The van der Waals surface area contributed by atoms with Crippen LogP contribution in [-0.2, 0) is 16.2 Å². The van der Waals surface area contributed by atoms with E-state index < -0.39 is 5.91 Å². The van der Waals surface area contributed by atoms with Crippen molar-refractivity contribution in [3.8, 4) is 11.5 Å². The molecule has 0 saturated carbocycles. The predicted molar refractivity (Wildman–Crippen MR) is 130 cm³/mol. The topological polar surface area (TPSA) is 139 Å². The lowest BCUT2D eigenvalue weighted by Gasteiger charge is -2.22. The first kappa shape index (κ1) is 24.9. The lowest BCUT2D eigenvalue weighted by molar-refractivity contribution is -0.118. The Bertz CT molecular complexity index is 1130. The molecule has 2 amide bonds. The van der Waals surface area contributed by atoms with Gasteiger partial charge in [-0.3, -0.25) is 9.59 Å². The normalized spacial score (nSPS) is 10.7. The zero-order chi connectivity index (χ0) is 24.7. The number of nitrogens with two attached hydrogens (primary N) is 2. The Balaban J connectivity index is 1.64. The Kier molecular flexibility index (Phi) is 8.36. The van der Waals surface area contributed by atoms with Gasteiger partial charge in [-0.1, -0.05) is 17.8 Å². The average Bonchev–Trinajstić information content (AvgIpc) is 3.15. The molecule has 180 valence electrons. The Hall–Kier alpha value is -3.73. The van der Waals surface area contributed by atoms with Gasteiger partial charge in [-0.05, 0) is 61.4 Å². The second-order valence-corrected chi connectivity index (χ2v) is 8.57. The van der Waals surface area contributed by atoms with Crippen LogP contribution in [0.4, 0.5) is 5.69 Å². The molecule has 0 spiro atoms. The van der Waals surface area contributed by atoms with E-state index in [1.54, 1.807) is 31.4 Å². The Morgan fingerprint density at radius 3 is 2.35 bits per heavy atom. The minimum Gasteiger partial charge on any atom is -0.497 e. The monoisotopic (exact) mass is 484 g/mol. The van der Waals surface area contributed by atoms with Crippen LogP contribution in [0, 0.1) is 13.8 Å². The van der Waals surface area contributed by atoms with Gasteiger partial charge >= 0.3 is 0 Å². The van der Waals surface area contributed by atoms with Crippen molar-refractivity contribution in [2.45, 2.75) is 32.0 Å². The number of rotatable bonds is 11. The highest BCUT2D eigenvalue weighted by Crippen LogP contribution is 2.23. The fourth-order valence-electron chi connectivity index (χ4n) is 3.25. The van der Waals surface area contributed by atoms with Crippen LogP contribution in [-0.4, -0.2) is 46.1 Å². The van der Waals surface area contributed by atoms with Crippen LogP contribution in [0.3, 0.4) is 0 Å². The molecule has 3 aromatic rings. The second kappa shape index (κ2) is 11.4. The van der Waals surface area contributed by atoms with Crippen molar-refractivity contribution >= 4 is 29.3 Å². The average molecular weight is 485 g/mol. The summed E-state index contributed by atoms with van der Waals surface area (Å²) in [7, 11) is 1.56. The summed E-state index contributed by atoms with van der Waals surface area (Å²) in [5.74, 6) is 7.24. The molecule has 0 unspecified atom stereocenters. The standard InChI is InChI=1S/C23H28N6O4S/c1-15-10-16(2)12-19(11-15)33-13-21-26-27-23(29(21)25)34-14-22(31)28(9-8-20(24)30)17-4-6-18(32-3)7-5-17/h4-7,10-12H,8-9,13-14,25H2,1-3H3,(H2,24,30). The fourth-order valence-corrected chi connectivity index (χ4v) is 4.01. The molecule has 0 aliphatic heterocycles. The number of anilines is 1. The van der Waals surface area contributed by atoms with E-state index in [2.05, 4.69) is 16.3 Å². The molecule has 3 rings (SSSR count). The lowest BCUT2D eigenvalue weighted by Crippen LogP contribution is -2.35. The second-order valence-electron chi connectivity index (χ2n) is 7.63. The highest BCUT2D eigenvalue weighted by Gasteiger charge is 2.19. The molecule has 1 heterocycles. The summed E-state index contributed by atoms with van der Waals surface area (Å²) < 4.78 is 12.3. The summed E-state index contributed by atoms with van der Waals surface area (Å²) in [5, 5.41) is 8.52. The third-order valence-corrected chi connectivity index (χ3v) is 5.82. The van der Waals surface area contributed by atoms with Crippen molar-refractivity contribution < 1.29 is 19.1 Å². The summed E-state index contributed by atoms with van der Waals surface area (Å²) in [4.78, 5) is 25.8. The van der Waals surface area contributed by atoms with E-state index in [1.165, 1.54) is 9.58 Å². The van der Waals surface area contributed by atoms with Crippen molar-refractivity contribution in [2.24, 2.45) is 5.73 Å². The summed E-state index contributed by atoms with van der Waals surface area (Å²) >= 11 is 1.14. The van der Waals surface area contributed by atoms with Gasteiger partial charge in [-0.2, -0.15) is 0 Å². The molecule has 11 heteroatoms. The highest BCUT2D eigenvalue weighted by atomic mass is 32.2. The van der Waals surface area contributed by atoms with E-state index >= 15 is 0 Å². The number of ether oxygens (including phenoxy) is 2. The maximum absolute atomic E-state index is 13.0. The number of hydrogen-bond acceptors (Lipinski definition) is 8. The number of amides is 2. The molecule has 2 aromatic carbocycles. The molecule has 0 saturated heterocycles. The van der Waals surface area contributed by atoms with Crippen LogP contribution in [0.5, 0.6) is 11.5 Å². The van der Waals surface area contributed by atoms with E-state index in [0.717, 1.165) is 28.6 Å². The van der Waals surface area contributed by atoms with Gasteiger partial charge in [0.15, 0.2) is 5.82 Å². The Labute approximate surface area is 202 Å². The number of primary amides is 1. The number of aryl methyl sites for hydroxylation is 2. The fraction of sp³-hybridized carbons (Fsp3) is 0.304. The molecule has 0 radical (unpaired) electrons. The Morgan fingerprint density at radius 1 is 1.06 bits per heavy atom. The van der Waals surface area contributed by atoms with Crippen LogP contribution in [0.15, 0.2) is 47.6 Å². The van der Waals surface area contributed by atoms with Crippen LogP contribution < -0.4 is 25.9 Å². The van der Waals surface area contributed by atoms with Crippen molar-refractivity contribution in [1.29, 1.82) is 0 Å². The number of nitrogen functional groups attached to an aromatic ring is 1. The number of aromatic nitrogens is 3. The number of hydrogen-bond donors (Lipinski definition) is 2.